The van der Waals surface area contributed by atoms with Gasteiger partial charge >= 0.3 is 6.09 Å². The van der Waals surface area contributed by atoms with E-state index >= 15 is 0 Å². The van der Waals surface area contributed by atoms with Gasteiger partial charge < -0.3 is 19.9 Å². The van der Waals surface area contributed by atoms with Crippen LogP contribution < -0.4 is 5.32 Å². The predicted octanol–water partition coefficient (Wildman–Crippen LogP) is 3.52. The first-order chi connectivity index (χ1) is 14.2. The number of likely N-dealkylation sites (tertiary alicyclic amines) is 2. The average Bonchev–Trinajstić information content (AvgIpc) is 3.19. The van der Waals surface area contributed by atoms with E-state index in [4.69, 9.17) is 4.74 Å². The van der Waals surface area contributed by atoms with Crippen LogP contribution in [0, 0.1) is 5.92 Å². The van der Waals surface area contributed by atoms with Crippen LogP contribution in [0.15, 0.2) is 24.3 Å². The summed E-state index contributed by atoms with van der Waals surface area (Å²) in [4.78, 5) is 17.2. The summed E-state index contributed by atoms with van der Waals surface area (Å²) < 4.78 is 5.35. The summed E-state index contributed by atoms with van der Waals surface area (Å²) in [5.74, 6) is 0.658. The Morgan fingerprint density at radius 2 is 2.03 bits per heavy atom. The molecule has 3 atom stereocenters. The second-order valence-electron chi connectivity index (χ2n) is 9.56. The van der Waals surface area contributed by atoms with E-state index in [1.807, 2.05) is 11.8 Å². The number of rotatable bonds is 2. The van der Waals surface area contributed by atoms with Gasteiger partial charge in [-0.05, 0) is 75.6 Å². The van der Waals surface area contributed by atoms with E-state index in [-0.39, 0.29) is 6.09 Å². The van der Waals surface area contributed by atoms with Crippen molar-refractivity contribution in [2.24, 2.45) is 5.92 Å². The number of nitrogens with zero attached hydrogens (tertiary/aromatic N) is 2. The zero-order valence-corrected chi connectivity index (χ0v) is 17.7. The molecule has 1 aromatic rings. The van der Waals surface area contributed by atoms with Crippen LogP contribution in [0.5, 0.6) is 0 Å². The summed E-state index contributed by atoms with van der Waals surface area (Å²) in [5.41, 5.74) is 3.39. The number of amides is 1. The Hall–Kier alpha value is -1.59. The van der Waals surface area contributed by atoms with Crippen LogP contribution in [-0.2, 0) is 16.7 Å². The van der Waals surface area contributed by atoms with Crippen LogP contribution in [0.25, 0.3) is 0 Å². The van der Waals surface area contributed by atoms with E-state index in [1.165, 1.54) is 44.3 Å². The van der Waals surface area contributed by atoms with Gasteiger partial charge in [-0.15, -0.1) is 0 Å². The van der Waals surface area contributed by atoms with E-state index in [0.29, 0.717) is 30.0 Å². The van der Waals surface area contributed by atoms with Crippen LogP contribution in [0.1, 0.15) is 56.6 Å². The largest absolute Gasteiger partial charge is 0.450 e. The number of hydrogen-bond donors (Lipinski definition) is 1. The smallest absolute Gasteiger partial charge is 0.410 e. The molecule has 3 heterocycles. The number of benzene rings is 1. The molecule has 1 aromatic carbocycles. The fourth-order valence-electron chi connectivity index (χ4n) is 6.67. The summed E-state index contributed by atoms with van der Waals surface area (Å²) in [5, 5.41) is 3.68. The lowest BCUT2D eigenvalue weighted by Gasteiger charge is -2.47. The lowest BCUT2D eigenvalue weighted by atomic mass is 9.69. The standard InChI is InChI=1S/C24H35N3O2/c1-2-29-23(28)27-11-5-7-18-14-20(15-22(18)27)26-12-9-24(10-13-26)17-25-16-19-6-3-4-8-21(19)24/h3-4,6,8,18,20,22,25H,2,5,7,9-17H2,1H3. The minimum absolute atomic E-state index is 0.0923. The number of carbonyl (C=O) groups excluding carboxylic acids is 1. The Morgan fingerprint density at radius 3 is 2.86 bits per heavy atom. The summed E-state index contributed by atoms with van der Waals surface area (Å²) in [7, 11) is 0. The fraction of sp³-hybridized carbons (Fsp3) is 0.708. The minimum Gasteiger partial charge on any atom is -0.450 e. The van der Waals surface area contributed by atoms with Crippen LogP contribution in [0.4, 0.5) is 4.79 Å². The van der Waals surface area contributed by atoms with Gasteiger partial charge in [0.2, 0.25) is 0 Å². The molecule has 1 spiro atoms. The molecule has 4 aliphatic rings. The van der Waals surface area contributed by atoms with Gasteiger partial charge in [0, 0.05) is 37.1 Å². The predicted molar refractivity (Wildman–Crippen MR) is 114 cm³/mol. The maximum atomic E-state index is 12.4. The van der Waals surface area contributed by atoms with E-state index in [9.17, 15) is 4.79 Å². The zero-order chi connectivity index (χ0) is 19.8. The highest BCUT2D eigenvalue weighted by Crippen LogP contribution is 2.43. The number of hydrogen-bond acceptors (Lipinski definition) is 4. The van der Waals surface area contributed by atoms with Crippen molar-refractivity contribution in [2.45, 2.75) is 69.5 Å². The van der Waals surface area contributed by atoms with Crippen molar-refractivity contribution in [3.63, 3.8) is 0 Å². The van der Waals surface area contributed by atoms with Crippen molar-refractivity contribution in [3.05, 3.63) is 35.4 Å². The molecule has 1 saturated carbocycles. The topological polar surface area (TPSA) is 44.8 Å². The molecule has 3 unspecified atom stereocenters. The SMILES string of the molecule is CCOC(=O)N1CCCC2CC(N3CCC4(CC3)CNCc3ccccc34)CC21. The number of fused-ring (bicyclic) bond motifs is 3. The third-order valence-corrected chi connectivity index (χ3v) is 8.15. The number of nitrogens with one attached hydrogen (secondary N) is 1. The second kappa shape index (κ2) is 7.92. The molecular weight excluding hydrogens is 362 g/mol. The van der Waals surface area contributed by atoms with Crippen molar-refractivity contribution >= 4 is 6.09 Å². The molecule has 5 heteroatoms. The monoisotopic (exact) mass is 397 g/mol. The summed E-state index contributed by atoms with van der Waals surface area (Å²) in [6.07, 6.45) is 7.16. The highest BCUT2D eigenvalue weighted by Gasteiger charge is 2.46. The van der Waals surface area contributed by atoms with Gasteiger partial charge in [0.15, 0.2) is 0 Å². The van der Waals surface area contributed by atoms with Crippen molar-refractivity contribution < 1.29 is 9.53 Å². The maximum Gasteiger partial charge on any atom is 0.410 e. The molecule has 3 fully saturated rings. The maximum absolute atomic E-state index is 12.4. The molecule has 158 valence electrons. The van der Waals surface area contributed by atoms with E-state index < -0.39 is 0 Å². The lowest BCUT2D eigenvalue weighted by Crippen LogP contribution is -2.52. The van der Waals surface area contributed by atoms with Crippen LogP contribution in [0.2, 0.25) is 0 Å². The van der Waals surface area contributed by atoms with E-state index in [2.05, 4.69) is 34.5 Å². The summed E-state index contributed by atoms with van der Waals surface area (Å²) >= 11 is 0. The molecule has 3 aliphatic heterocycles. The summed E-state index contributed by atoms with van der Waals surface area (Å²) in [6.45, 7) is 7.73. The Balaban J connectivity index is 1.25. The number of piperidine rings is 2. The third kappa shape index (κ3) is 3.46. The van der Waals surface area contributed by atoms with Gasteiger partial charge in [-0.25, -0.2) is 4.79 Å². The van der Waals surface area contributed by atoms with Gasteiger partial charge in [0.1, 0.15) is 0 Å². The Bertz CT molecular complexity index is 743. The molecule has 1 amide bonds. The van der Waals surface area contributed by atoms with Crippen molar-refractivity contribution in [2.75, 3.05) is 32.8 Å². The van der Waals surface area contributed by atoms with Gasteiger partial charge in [-0.3, -0.25) is 0 Å². The minimum atomic E-state index is -0.0923. The molecule has 0 bridgehead atoms. The van der Waals surface area contributed by atoms with Crippen LogP contribution in [0.3, 0.4) is 0 Å². The molecule has 29 heavy (non-hydrogen) atoms. The van der Waals surface area contributed by atoms with Crippen LogP contribution in [-0.4, -0.2) is 60.8 Å². The molecule has 1 aliphatic carbocycles. The normalized spacial score (nSPS) is 31.3. The molecule has 5 nitrogen and oxygen atoms in total. The number of ether oxygens (including phenoxy) is 1. The fourth-order valence-corrected chi connectivity index (χ4v) is 6.67. The first-order valence-corrected chi connectivity index (χ1v) is 11.7. The molecular formula is C24H35N3O2. The highest BCUT2D eigenvalue weighted by molar-refractivity contribution is 5.68. The average molecular weight is 398 g/mol. The van der Waals surface area contributed by atoms with Gasteiger partial charge in [-0.1, -0.05) is 24.3 Å². The molecule has 1 N–H and O–H groups in total. The summed E-state index contributed by atoms with van der Waals surface area (Å²) in [6, 6.07) is 10.1. The third-order valence-electron chi connectivity index (χ3n) is 8.15. The van der Waals surface area contributed by atoms with E-state index in [1.54, 1.807) is 5.56 Å². The lowest BCUT2D eigenvalue weighted by molar-refractivity contribution is 0.0632. The first kappa shape index (κ1) is 19.4. The Kier molecular flexibility index (Phi) is 5.29. The second-order valence-corrected chi connectivity index (χ2v) is 9.56. The zero-order valence-electron chi connectivity index (χ0n) is 17.7. The molecule has 0 radical (unpaired) electrons. The van der Waals surface area contributed by atoms with Crippen molar-refractivity contribution in [1.82, 2.24) is 15.1 Å². The first-order valence-electron chi connectivity index (χ1n) is 11.7. The quantitative estimate of drug-likeness (QED) is 0.829. The van der Waals surface area contributed by atoms with Crippen LogP contribution >= 0.6 is 0 Å². The highest BCUT2D eigenvalue weighted by atomic mass is 16.6. The van der Waals surface area contributed by atoms with Crippen molar-refractivity contribution in [3.8, 4) is 0 Å². The Morgan fingerprint density at radius 1 is 1.21 bits per heavy atom. The molecule has 0 aromatic heterocycles. The van der Waals surface area contributed by atoms with E-state index in [0.717, 1.165) is 32.5 Å². The van der Waals surface area contributed by atoms with Gasteiger partial charge in [-0.2, -0.15) is 0 Å². The Labute approximate surface area is 174 Å². The molecule has 5 rings (SSSR count). The molecule has 2 saturated heterocycles. The van der Waals surface area contributed by atoms with Gasteiger partial charge in [0.25, 0.3) is 0 Å². The van der Waals surface area contributed by atoms with Crippen molar-refractivity contribution in [1.29, 1.82) is 0 Å². The number of carbonyl (C=O) groups is 1. The van der Waals surface area contributed by atoms with Gasteiger partial charge in [0.05, 0.1) is 6.61 Å².